The number of benzene rings is 1. The molecule has 148 valence electrons. The van der Waals surface area contributed by atoms with Crippen LogP contribution in [0.2, 0.25) is 0 Å². The second-order valence-corrected chi connectivity index (χ2v) is 10.5. The number of anilines is 1. The minimum absolute atomic E-state index is 0.0707. The van der Waals surface area contributed by atoms with Crippen LogP contribution in [0.4, 0.5) is 5.69 Å². The number of nitrogens with one attached hydrogen (secondary N) is 3. The summed E-state index contributed by atoms with van der Waals surface area (Å²) < 4.78 is 5.53. The maximum absolute atomic E-state index is 12.9. The number of hydrogen-bond acceptors (Lipinski definition) is 4. The maximum Gasteiger partial charge on any atom is 0.323 e. The van der Waals surface area contributed by atoms with Gasteiger partial charge in [0.2, 0.25) is 0 Å². The Labute approximate surface area is 169 Å². The van der Waals surface area contributed by atoms with Crippen LogP contribution in [0.25, 0.3) is 11.0 Å². The molecule has 2 atom stereocenters. The van der Waals surface area contributed by atoms with Crippen LogP contribution in [0.3, 0.4) is 0 Å². The lowest BCUT2D eigenvalue weighted by atomic mass is 9.49. The highest BCUT2D eigenvalue weighted by atomic mass is 79.9. The van der Waals surface area contributed by atoms with Gasteiger partial charge in [0, 0.05) is 10.0 Å². The van der Waals surface area contributed by atoms with E-state index in [9.17, 15) is 14.4 Å². The molecule has 0 unspecified atom stereocenters. The molecule has 7 nitrogen and oxygen atoms in total. The normalized spacial score (nSPS) is 33.2. The summed E-state index contributed by atoms with van der Waals surface area (Å²) in [5, 5.41) is 2.72. The van der Waals surface area contributed by atoms with Crippen molar-refractivity contribution in [2.75, 3.05) is 11.9 Å². The van der Waals surface area contributed by atoms with Gasteiger partial charge in [0.05, 0.1) is 16.4 Å². The van der Waals surface area contributed by atoms with Crippen molar-refractivity contribution < 1.29 is 14.3 Å². The predicted octanol–water partition coefficient (Wildman–Crippen LogP) is 3.07. The largest absolute Gasteiger partial charge is 0.455 e. The van der Waals surface area contributed by atoms with Crippen molar-refractivity contribution in [2.24, 2.45) is 17.3 Å². The van der Waals surface area contributed by atoms with E-state index >= 15 is 0 Å². The molecule has 0 aliphatic heterocycles. The first-order chi connectivity index (χ1) is 13.3. The van der Waals surface area contributed by atoms with E-state index < -0.39 is 5.41 Å². The monoisotopic (exact) mass is 447 g/mol. The highest BCUT2D eigenvalue weighted by Crippen LogP contribution is 2.64. The number of alkyl halides is 1. The van der Waals surface area contributed by atoms with E-state index in [0.717, 1.165) is 32.1 Å². The summed E-state index contributed by atoms with van der Waals surface area (Å²) in [6, 6.07) is 5.07. The molecule has 0 spiro atoms. The highest BCUT2D eigenvalue weighted by Gasteiger charge is 2.60. The quantitative estimate of drug-likeness (QED) is 0.494. The van der Waals surface area contributed by atoms with Crippen molar-refractivity contribution in [3.05, 3.63) is 28.7 Å². The van der Waals surface area contributed by atoms with Crippen molar-refractivity contribution >= 4 is 44.5 Å². The predicted molar refractivity (Wildman–Crippen MR) is 107 cm³/mol. The number of H-pyrrole nitrogens is 2. The van der Waals surface area contributed by atoms with Crippen molar-refractivity contribution in [2.45, 2.75) is 42.8 Å². The Hall–Kier alpha value is -2.09. The second kappa shape index (κ2) is 6.20. The minimum atomic E-state index is -0.433. The van der Waals surface area contributed by atoms with Crippen molar-refractivity contribution in [1.29, 1.82) is 0 Å². The molecule has 1 aromatic heterocycles. The van der Waals surface area contributed by atoms with Crippen LogP contribution in [0, 0.1) is 17.3 Å². The smallest absolute Gasteiger partial charge is 0.323 e. The lowest BCUT2D eigenvalue weighted by molar-refractivity contribution is -0.170. The average Bonchev–Trinajstić information content (AvgIpc) is 2.96. The fraction of sp³-hybridized carbons (Fsp3) is 0.550. The number of hydrogen-bond donors (Lipinski definition) is 3. The number of amides is 1. The first-order valence-electron chi connectivity index (χ1n) is 9.71. The van der Waals surface area contributed by atoms with Crippen LogP contribution in [0.1, 0.15) is 38.5 Å². The van der Waals surface area contributed by atoms with E-state index in [2.05, 4.69) is 31.2 Å². The molecule has 1 amide bonds. The number of esters is 1. The molecule has 4 aliphatic rings. The van der Waals surface area contributed by atoms with Gasteiger partial charge in [0.1, 0.15) is 0 Å². The van der Waals surface area contributed by atoms with E-state index in [4.69, 9.17) is 4.74 Å². The van der Waals surface area contributed by atoms with Crippen molar-refractivity contribution in [1.82, 2.24) is 9.97 Å². The lowest BCUT2D eigenvalue weighted by Crippen LogP contribution is -2.56. The molecular formula is C20H22BrN3O4. The molecule has 4 bridgehead atoms. The first kappa shape index (κ1) is 18.0. The molecule has 4 fully saturated rings. The van der Waals surface area contributed by atoms with Gasteiger partial charge in [-0.25, -0.2) is 4.79 Å². The number of fused-ring (bicyclic) bond motifs is 1. The van der Waals surface area contributed by atoms with Crippen LogP contribution in [-0.2, 0) is 14.3 Å². The van der Waals surface area contributed by atoms with Crippen LogP contribution >= 0.6 is 15.9 Å². The molecule has 6 rings (SSSR count). The summed E-state index contributed by atoms with van der Waals surface area (Å²) in [7, 11) is 0. The Morgan fingerprint density at radius 2 is 1.86 bits per heavy atom. The van der Waals surface area contributed by atoms with Gasteiger partial charge in [-0.3, -0.25) is 9.59 Å². The summed E-state index contributed by atoms with van der Waals surface area (Å²) in [5.74, 6) is 0.546. The Balaban J connectivity index is 1.22. The van der Waals surface area contributed by atoms with E-state index in [0.29, 0.717) is 28.6 Å². The lowest BCUT2D eigenvalue weighted by Gasteiger charge is -2.58. The summed E-state index contributed by atoms with van der Waals surface area (Å²) in [6.07, 6.45) is 6.08. The molecule has 0 radical (unpaired) electrons. The zero-order valence-electron chi connectivity index (χ0n) is 15.3. The molecule has 8 heteroatoms. The third-order valence-corrected chi connectivity index (χ3v) is 7.48. The van der Waals surface area contributed by atoms with E-state index in [-0.39, 0.29) is 28.5 Å². The van der Waals surface area contributed by atoms with E-state index in [1.807, 2.05) is 0 Å². The number of carbonyl (C=O) groups is 2. The third-order valence-electron chi connectivity index (χ3n) is 6.56. The Morgan fingerprint density at radius 1 is 1.14 bits per heavy atom. The van der Waals surface area contributed by atoms with E-state index in [1.54, 1.807) is 18.2 Å². The number of carbonyl (C=O) groups excluding carboxylic acids is 2. The third kappa shape index (κ3) is 3.07. The highest BCUT2D eigenvalue weighted by molar-refractivity contribution is 9.10. The first-order valence-corrected chi connectivity index (χ1v) is 10.5. The van der Waals surface area contributed by atoms with Crippen LogP contribution in [0.15, 0.2) is 23.0 Å². The fourth-order valence-corrected chi connectivity index (χ4v) is 7.43. The van der Waals surface area contributed by atoms with Gasteiger partial charge in [0.15, 0.2) is 6.61 Å². The molecule has 28 heavy (non-hydrogen) atoms. The number of aromatic nitrogens is 2. The summed E-state index contributed by atoms with van der Waals surface area (Å²) in [4.78, 5) is 41.8. The molecule has 1 aromatic carbocycles. The van der Waals surface area contributed by atoms with Gasteiger partial charge < -0.3 is 20.0 Å². The zero-order chi connectivity index (χ0) is 19.5. The molecule has 4 saturated carbocycles. The summed E-state index contributed by atoms with van der Waals surface area (Å²) >= 11 is 3.89. The summed E-state index contributed by atoms with van der Waals surface area (Å²) in [5.41, 5.74) is 1.08. The van der Waals surface area contributed by atoms with Crippen LogP contribution in [-0.4, -0.2) is 32.8 Å². The Morgan fingerprint density at radius 3 is 2.57 bits per heavy atom. The molecule has 1 heterocycles. The number of imidazole rings is 1. The van der Waals surface area contributed by atoms with Gasteiger partial charge in [-0.2, -0.15) is 0 Å². The van der Waals surface area contributed by atoms with Crippen LogP contribution in [0.5, 0.6) is 0 Å². The molecular weight excluding hydrogens is 426 g/mol. The molecule has 3 N–H and O–H groups in total. The zero-order valence-corrected chi connectivity index (χ0v) is 16.9. The van der Waals surface area contributed by atoms with Gasteiger partial charge in [-0.15, -0.1) is 0 Å². The fourth-order valence-electron chi connectivity index (χ4n) is 5.98. The SMILES string of the molecule is O=C(COC(=O)C12C[C@H]3C[C@@H](CC(Br)(C3)C1)C2)Nc1ccc2[nH]c(=O)[nH]c2c1. The number of halogens is 1. The van der Waals surface area contributed by atoms with Crippen molar-refractivity contribution in [3.63, 3.8) is 0 Å². The van der Waals surface area contributed by atoms with Gasteiger partial charge >= 0.3 is 11.7 Å². The van der Waals surface area contributed by atoms with Gasteiger partial charge in [-0.1, -0.05) is 15.9 Å². The molecule has 4 aliphatic carbocycles. The number of aromatic amines is 2. The van der Waals surface area contributed by atoms with Crippen molar-refractivity contribution in [3.8, 4) is 0 Å². The Bertz CT molecular complexity index is 1010. The van der Waals surface area contributed by atoms with Gasteiger partial charge in [-0.05, 0) is 68.6 Å². The average molecular weight is 448 g/mol. The van der Waals surface area contributed by atoms with Crippen LogP contribution < -0.4 is 11.0 Å². The van der Waals surface area contributed by atoms with E-state index in [1.165, 1.54) is 6.42 Å². The molecule has 2 aromatic rings. The summed E-state index contributed by atoms with van der Waals surface area (Å²) in [6.45, 7) is -0.299. The molecule has 0 saturated heterocycles. The maximum atomic E-state index is 12.9. The standard InChI is InChI=1S/C20H22BrN3O4/c21-20-7-11-3-12(8-20)6-19(5-11,10-20)17(26)28-9-16(25)22-13-1-2-14-15(4-13)24-18(27)23-14/h1-2,4,11-12H,3,5-10H2,(H,22,25)(H2,23,24,27)/t11-,12-,19?,20?/m1/s1. The number of ether oxygens (including phenoxy) is 1. The Kier molecular flexibility index (Phi) is 3.98. The van der Waals surface area contributed by atoms with Gasteiger partial charge in [0.25, 0.3) is 5.91 Å². The topological polar surface area (TPSA) is 104 Å². The minimum Gasteiger partial charge on any atom is -0.455 e. The number of rotatable bonds is 4. The second-order valence-electron chi connectivity index (χ2n) is 8.86.